The van der Waals surface area contributed by atoms with Gasteiger partial charge in [0.1, 0.15) is 5.54 Å². The number of nitriles is 1. The highest BCUT2D eigenvalue weighted by Gasteiger charge is 2.43. The first-order valence-corrected chi connectivity index (χ1v) is 5.47. The zero-order valence-electron chi connectivity index (χ0n) is 9.03. The highest BCUT2D eigenvalue weighted by atomic mass is 15.0. The fraction of sp³-hybridized carbons (Fsp3) is 0.462. The Balaban J connectivity index is 1.96. The maximum absolute atomic E-state index is 9.17. The summed E-state index contributed by atoms with van der Waals surface area (Å²) in [6.07, 6.45) is 2.15. The predicted octanol–water partition coefficient (Wildman–Crippen LogP) is 2.47. The van der Waals surface area contributed by atoms with Gasteiger partial charge >= 0.3 is 0 Å². The van der Waals surface area contributed by atoms with E-state index in [-0.39, 0.29) is 5.54 Å². The maximum Gasteiger partial charge on any atom is 0.109 e. The third-order valence-corrected chi connectivity index (χ3v) is 3.46. The lowest BCUT2D eigenvalue weighted by molar-refractivity contribution is 0.154. The Morgan fingerprint density at radius 2 is 2.20 bits per heavy atom. The molecule has 0 amide bonds. The fourth-order valence-corrected chi connectivity index (χ4v) is 2.05. The van der Waals surface area contributed by atoms with Crippen molar-refractivity contribution < 1.29 is 0 Å². The molecule has 0 aromatic heterocycles. The number of benzene rings is 1. The molecule has 1 aromatic carbocycles. The van der Waals surface area contributed by atoms with Gasteiger partial charge in [-0.2, -0.15) is 5.26 Å². The van der Waals surface area contributed by atoms with Crippen molar-refractivity contribution in [1.82, 2.24) is 5.32 Å². The molecule has 15 heavy (non-hydrogen) atoms. The van der Waals surface area contributed by atoms with Gasteiger partial charge < -0.3 is 0 Å². The van der Waals surface area contributed by atoms with E-state index < -0.39 is 0 Å². The molecule has 1 N–H and O–H groups in total. The Bertz CT molecular complexity index is 366. The first-order chi connectivity index (χ1) is 7.27. The molecular formula is C13H16N2. The lowest BCUT2D eigenvalue weighted by Crippen LogP contribution is -2.55. The van der Waals surface area contributed by atoms with E-state index in [4.69, 9.17) is 0 Å². The smallest absolute Gasteiger partial charge is 0.109 e. The third kappa shape index (κ3) is 1.88. The van der Waals surface area contributed by atoms with Gasteiger partial charge in [0, 0.05) is 6.54 Å². The second-order valence-electron chi connectivity index (χ2n) is 4.36. The van der Waals surface area contributed by atoms with E-state index in [0.717, 1.165) is 19.4 Å². The molecule has 1 fully saturated rings. The lowest BCUT2D eigenvalue weighted by Gasteiger charge is -2.43. The summed E-state index contributed by atoms with van der Waals surface area (Å²) in [5.74, 6) is 0.478. The molecule has 0 heterocycles. The number of nitrogens with zero attached hydrogens (tertiary/aromatic N) is 1. The Morgan fingerprint density at radius 3 is 2.67 bits per heavy atom. The van der Waals surface area contributed by atoms with Gasteiger partial charge in [-0.25, -0.2) is 0 Å². The van der Waals surface area contributed by atoms with Gasteiger partial charge in [-0.1, -0.05) is 37.3 Å². The highest BCUT2D eigenvalue weighted by molar-refractivity contribution is 5.19. The summed E-state index contributed by atoms with van der Waals surface area (Å²) >= 11 is 0. The highest BCUT2D eigenvalue weighted by Crippen LogP contribution is 2.37. The average molecular weight is 200 g/mol. The van der Waals surface area contributed by atoms with Gasteiger partial charge in [-0.15, -0.1) is 0 Å². The van der Waals surface area contributed by atoms with E-state index in [2.05, 4.69) is 30.4 Å². The Hall–Kier alpha value is -1.33. The molecule has 78 valence electrons. The summed E-state index contributed by atoms with van der Waals surface area (Å²) < 4.78 is 0. The van der Waals surface area contributed by atoms with Crippen molar-refractivity contribution in [2.45, 2.75) is 31.8 Å². The third-order valence-electron chi connectivity index (χ3n) is 3.46. The summed E-state index contributed by atoms with van der Waals surface area (Å²) in [4.78, 5) is 0. The minimum absolute atomic E-state index is 0.268. The molecule has 1 saturated carbocycles. The van der Waals surface area contributed by atoms with Crippen LogP contribution in [0.15, 0.2) is 30.3 Å². The summed E-state index contributed by atoms with van der Waals surface area (Å²) in [5.41, 5.74) is 0.974. The molecule has 1 aliphatic rings. The molecule has 2 heteroatoms. The van der Waals surface area contributed by atoms with E-state index in [1.807, 2.05) is 18.2 Å². The van der Waals surface area contributed by atoms with Crippen molar-refractivity contribution in [1.29, 1.82) is 5.26 Å². The summed E-state index contributed by atoms with van der Waals surface area (Å²) in [6.45, 7) is 2.93. The monoisotopic (exact) mass is 200 g/mol. The van der Waals surface area contributed by atoms with Gasteiger partial charge in [0.05, 0.1) is 6.07 Å². The van der Waals surface area contributed by atoms with Crippen molar-refractivity contribution in [2.75, 3.05) is 0 Å². The van der Waals surface area contributed by atoms with Crippen LogP contribution in [0, 0.1) is 17.2 Å². The SMILES string of the molecule is CC1CCC1(C#N)NCc1ccccc1. The van der Waals surface area contributed by atoms with E-state index in [1.54, 1.807) is 0 Å². The number of hydrogen-bond donors (Lipinski definition) is 1. The quantitative estimate of drug-likeness (QED) is 0.813. The van der Waals surface area contributed by atoms with Gasteiger partial charge in [0.2, 0.25) is 0 Å². The van der Waals surface area contributed by atoms with Crippen molar-refractivity contribution >= 4 is 0 Å². The molecular weight excluding hydrogens is 184 g/mol. The lowest BCUT2D eigenvalue weighted by atomic mass is 9.68. The van der Waals surface area contributed by atoms with E-state index in [9.17, 15) is 5.26 Å². The van der Waals surface area contributed by atoms with Gasteiger partial charge in [0.25, 0.3) is 0 Å². The molecule has 0 radical (unpaired) electrons. The largest absolute Gasteiger partial charge is 0.295 e. The zero-order valence-corrected chi connectivity index (χ0v) is 9.03. The van der Waals surface area contributed by atoms with Crippen LogP contribution in [0.1, 0.15) is 25.3 Å². The van der Waals surface area contributed by atoms with Crippen LogP contribution in [0.5, 0.6) is 0 Å². The van der Waals surface area contributed by atoms with Crippen LogP contribution in [-0.2, 0) is 6.54 Å². The molecule has 1 aliphatic carbocycles. The second-order valence-corrected chi connectivity index (χ2v) is 4.36. The normalized spacial score (nSPS) is 29.2. The van der Waals surface area contributed by atoms with Crippen LogP contribution in [0.3, 0.4) is 0 Å². The standard InChI is InChI=1S/C13H16N2/c1-11-7-8-13(11,10-14)15-9-12-5-3-2-4-6-12/h2-6,11,15H,7-9H2,1H3. The van der Waals surface area contributed by atoms with Gasteiger partial charge in [-0.3, -0.25) is 5.32 Å². The van der Waals surface area contributed by atoms with Crippen LogP contribution in [-0.4, -0.2) is 5.54 Å². The number of nitrogens with one attached hydrogen (secondary N) is 1. The molecule has 0 saturated heterocycles. The number of hydrogen-bond acceptors (Lipinski definition) is 2. The minimum Gasteiger partial charge on any atom is -0.295 e. The van der Waals surface area contributed by atoms with Gasteiger partial charge in [0.15, 0.2) is 0 Å². The van der Waals surface area contributed by atoms with E-state index in [0.29, 0.717) is 5.92 Å². The summed E-state index contributed by atoms with van der Waals surface area (Å²) in [5, 5.41) is 12.6. The molecule has 0 spiro atoms. The van der Waals surface area contributed by atoms with Crippen molar-refractivity contribution in [3.8, 4) is 6.07 Å². The molecule has 2 nitrogen and oxygen atoms in total. The second kappa shape index (κ2) is 4.04. The molecule has 2 unspecified atom stereocenters. The molecule has 0 bridgehead atoms. The minimum atomic E-state index is -0.268. The molecule has 0 aliphatic heterocycles. The van der Waals surface area contributed by atoms with E-state index >= 15 is 0 Å². The Kier molecular flexibility index (Phi) is 2.75. The van der Waals surface area contributed by atoms with Crippen molar-refractivity contribution in [3.63, 3.8) is 0 Å². The first kappa shape index (κ1) is 10.2. The molecule has 2 rings (SSSR count). The molecule has 2 atom stereocenters. The van der Waals surface area contributed by atoms with Crippen LogP contribution in [0.2, 0.25) is 0 Å². The van der Waals surface area contributed by atoms with Crippen LogP contribution in [0.25, 0.3) is 0 Å². The Labute approximate surface area is 90.9 Å². The average Bonchev–Trinajstić information content (AvgIpc) is 2.30. The predicted molar refractivity (Wildman–Crippen MR) is 60.0 cm³/mol. The topological polar surface area (TPSA) is 35.8 Å². The molecule has 1 aromatic rings. The summed E-state index contributed by atoms with van der Waals surface area (Å²) in [7, 11) is 0. The fourth-order valence-electron chi connectivity index (χ4n) is 2.05. The van der Waals surface area contributed by atoms with Crippen LogP contribution < -0.4 is 5.32 Å². The first-order valence-electron chi connectivity index (χ1n) is 5.47. The number of rotatable bonds is 3. The maximum atomic E-state index is 9.17. The van der Waals surface area contributed by atoms with Crippen LogP contribution >= 0.6 is 0 Å². The van der Waals surface area contributed by atoms with Crippen molar-refractivity contribution in [3.05, 3.63) is 35.9 Å². The summed E-state index contributed by atoms with van der Waals surface area (Å²) in [6, 6.07) is 12.7. The van der Waals surface area contributed by atoms with Gasteiger partial charge in [-0.05, 0) is 24.3 Å². The van der Waals surface area contributed by atoms with Crippen LogP contribution in [0.4, 0.5) is 0 Å². The van der Waals surface area contributed by atoms with E-state index in [1.165, 1.54) is 5.56 Å². The van der Waals surface area contributed by atoms with Crippen molar-refractivity contribution in [2.24, 2.45) is 5.92 Å². The Morgan fingerprint density at radius 1 is 1.47 bits per heavy atom. The zero-order chi connectivity index (χ0) is 10.7.